The molecule has 0 aliphatic carbocycles. The number of hydrogen-bond acceptors (Lipinski definition) is 3. The number of aromatic nitrogens is 1. The maximum atomic E-state index is 13.3. The number of piperazine rings is 1. The van der Waals surface area contributed by atoms with Crippen LogP contribution in [-0.2, 0) is 11.0 Å². The fourth-order valence-electron chi connectivity index (χ4n) is 4.00. The van der Waals surface area contributed by atoms with Crippen molar-refractivity contribution in [2.24, 2.45) is 0 Å². The largest absolute Gasteiger partial charge is 0.417 e. The second-order valence-electron chi connectivity index (χ2n) is 8.00. The molecule has 1 aliphatic heterocycles. The third kappa shape index (κ3) is 5.37. The Morgan fingerprint density at radius 3 is 2.11 bits per heavy atom. The first kappa shape index (κ1) is 24.1. The first-order valence-corrected chi connectivity index (χ1v) is 11.0. The van der Waals surface area contributed by atoms with Crippen LogP contribution in [0.5, 0.6) is 0 Å². The molecule has 1 aliphatic rings. The van der Waals surface area contributed by atoms with Crippen LogP contribution < -0.4 is 5.32 Å². The molecule has 0 spiro atoms. The van der Waals surface area contributed by atoms with E-state index in [0.29, 0.717) is 5.69 Å². The zero-order valence-corrected chi connectivity index (χ0v) is 18.7. The van der Waals surface area contributed by atoms with Gasteiger partial charge in [0.2, 0.25) is 5.91 Å². The average Bonchev–Trinajstić information content (AvgIpc) is 3.37. The third-order valence-corrected chi connectivity index (χ3v) is 5.81. The van der Waals surface area contributed by atoms with E-state index in [1.54, 1.807) is 18.3 Å². The molecule has 4 rings (SSSR count). The minimum absolute atomic E-state index is 0.0977. The van der Waals surface area contributed by atoms with Crippen molar-refractivity contribution >= 4 is 17.8 Å². The van der Waals surface area contributed by atoms with Gasteiger partial charge >= 0.3 is 12.2 Å². The van der Waals surface area contributed by atoms with E-state index in [1.165, 1.54) is 26.5 Å². The SMILES string of the molecule is O=C(CNC(=O)n1cccc1-c1ccccc1)N1CCN(C(=O)c2ccccc2C(F)(F)F)CC1. The van der Waals surface area contributed by atoms with Crippen LogP contribution in [0.15, 0.2) is 72.9 Å². The van der Waals surface area contributed by atoms with Gasteiger partial charge in [0.15, 0.2) is 0 Å². The summed E-state index contributed by atoms with van der Waals surface area (Å²) in [7, 11) is 0. The maximum absolute atomic E-state index is 13.3. The standard InChI is InChI=1S/C25H23F3N4O3/c26-25(27,28)20-10-5-4-9-19(20)23(34)31-15-13-30(14-16-31)22(33)17-29-24(35)32-12-6-11-21(32)18-7-2-1-3-8-18/h1-12H,13-17H2,(H,29,35). The number of nitrogens with one attached hydrogen (secondary N) is 1. The lowest BCUT2D eigenvalue weighted by molar-refractivity contribution is -0.138. The van der Waals surface area contributed by atoms with Gasteiger partial charge < -0.3 is 15.1 Å². The van der Waals surface area contributed by atoms with Gasteiger partial charge in [-0.25, -0.2) is 4.79 Å². The van der Waals surface area contributed by atoms with Gasteiger partial charge in [-0.1, -0.05) is 42.5 Å². The van der Waals surface area contributed by atoms with Crippen molar-refractivity contribution in [2.75, 3.05) is 32.7 Å². The fraction of sp³-hybridized carbons (Fsp3) is 0.240. The highest BCUT2D eigenvalue weighted by atomic mass is 19.4. The molecule has 182 valence electrons. The number of hydrogen-bond donors (Lipinski definition) is 1. The molecule has 1 aromatic heterocycles. The molecule has 10 heteroatoms. The molecule has 3 aromatic rings. The molecular weight excluding hydrogens is 461 g/mol. The van der Waals surface area contributed by atoms with Crippen LogP contribution in [0.25, 0.3) is 11.3 Å². The van der Waals surface area contributed by atoms with E-state index in [1.807, 2.05) is 30.3 Å². The summed E-state index contributed by atoms with van der Waals surface area (Å²) in [5.41, 5.74) is 0.146. The Morgan fingerprint density at radius 1 is 0.800 bits per heavy atom. The smallest absolute Gasteiger partial charge is 0.338 e. The number of alkyl halides is 3. The fourth-order valence-corrected chi connectivity index (χ4v) is 4.00. The minimum atomic E-state index is -4.64. The molecule has 0 radical (unpaired) electrons. The first-order valence-electron chi connectivity index (χ1n) is 11.0. The number of amides is 3. The Labute approximate surface area is 199 Å². The van der Waals surface area contributed by atoms with Crippen molar-refractivity contribution in [2.45, 2.75) is 6.18 Å². The van der Waals surface area contributed by atoms with E-state index in [9.17, 15) is 27.6 Å². The van der Waals surface area contributed by atoms with Gasteiger partial charge in [0.25, 0.3) is 5.91 Å². The number of rotatable bonds is 4. The van der Waals surface area contributed by atoms with E-state index in [0.717, 1.165) is 17.7 Å². The first-order chi connectivity index (χ1) is 16.8. The van der Waals surface area contributed by atoms with Crippen LogP contribution in [0.1, 0.15) is 15.9 Å². The Bertz CT molecular complexity index is 1220. The second kappa shape index (κ2) is 10.0. The second-order valence-corrected chi connectivity index (χ2v) is 8.00. The van der Waals surface area contributed by atoms with Crippen LogP contribution >= 0.6 is 0 Å². The van der Waals surface area contributed by atoms with Crippen molar-refractivity contribution in [3.05, 3.63) is 84.1 Å². The molecule has 0 atom stereocenters. The molecule has 0 unspecified atom stereocenters. The van der Waals surface area contributed by atoms with E-state index in [4.69, 9.17) is 0 Å². The summed E-state index contributed by atoms with van der Waals surface area (Å²) in [4.78, 5) is 40.7. The van der Waals surface area contributed by atoms with Crippen LogP contribution in [0.3, 0.4) is 0 Å². The molecule has 2 heterocycles. The van der Waals surface area contributed by atoms with E-state index < -0.39 is 29.2 Å². The number of halogens is 3. The molecule has 35 heavy (non-hydrogen) atoms. The van der Waals surface area contributed by atoms with Crippen molar-refractivity contribution in [3.8, 4) is 11.3 Å². The molecule has 0 saturated carbocycles. The zero-order valence-electron chi connectivity index (χ0n) is 18.7. The number of carbonyl (C=O) groups excluding carboxylic acids is 3. The average molecular weight is 484 g/mol. The Balaban J connectivity index is 1.32. The van der Waals surface area contributed by atoms with Crippen molar-refractivity contribution in [3.63, 3.8) is 0 Å². The van der Waals surface area contributed by atoms with Crippen LogP contribution in [0, 0.1) is 0 Å². The number of benzene rings is 2. The molecule has 3 amide bonds. The van der Waals surface area contributed by atoms with Crippen molar-refractivity contribution in [1.29, 1.82) is 0 Å². The lowest BCUT2D eigenvalue weighted by Gasteiger charge is -2.35. The van der Waals surface area contributed by atoms with Gasteiger partial charge in [-0.15, -0.1) is 0 Å². The van der Waals surface area contributed by atoms with Gasteiger partial charge in [-0.3, -0.25) is 14.2 Å². The normalized spacial score (nSPS) is 14.0. The Morgan fingerprint density at radius 2 is 1.43 bits per heavy atom. The Hall–Kier alpha value is -4.08. The monoisotopic (exact) mass is 484 g/mol. The Kier molecular flexibility index (Phi) is 6.90. The molecule has 7 nitrogen and oxygen atoms in total. The van der Waals surface area contributed by atoms with Crippen molar-refractivity contribution < 1.29 is 27.6 Å². The molecule has 2 aromatic carbocycles. The van der Waals surface area contributed by atoms with Gasteiger partial charge in [0.1, 0.15) is 0 Å². The lowest BCUT2D eigenvalue weighted by atomic mass is 10.1. The highest BCUT2D eigenvalue weighted by molar-refractivity contribution is 5.96. The summed E-state index contributed by atoms with van der Waals surface area (Å²) in [5, 5.41) is 2.60. The topological polar surface area (TPSA) is 74.7 Å². The quantitative estimate of drug-likeness (QED) is 0.614. The molecule has 0 bridgehead atoms. The zero-order chi connectivity index (χ0) is 25.0. The van der Waals surface area contributed by atoms with Gasteiger partial charge in [0, 0.05) is 32.4 Å². The van der Waals surface area contributed by atoms with Gasteiger partial charge in [-0.05, 0) is 29.8 Å². The van der Waals surface area contributed by atoms with E-state index in [-0.39, 0.29) is 38.6 Å². The van der Waals surface area contributed by atoms with Crippen LogP contribution in [0.2, 0.25) is 0 Å². The third-order valence-electron chi connectivity index (χ3n) is 5.81. The van der Waals surface area contributed by atoms with E-state index >= 15 is 0 Å². The van der Waals surface area contributed by atoms with Crippen LogP contribution in [0.4, 0.5) is 18.0 Å². The summed E-state index contributed by atoms with van der Waals surface area (Å²) in [5.74, 6) is -1.06. The molecule has 1 saturated heterocycles. The van der Waals surface area contributed by atoms with Gasteiger partial charge in [-0.2, -0.15) is 13.2 Å². The summed E-state index contributed by atoms with van der Waals surface area (Å²) < 4.78 is 41.2. The summed E-state index contributed by atoms with van der Waals surface area (Å²) in [6.07, 6.45) is -3.03. The molecule has 1 fully saturated rings. The highest BCUT2D eigenvalue weighted by Gasteiger charge is 2.36. The predicted octanol–water partition coefficient (Wildman–Crippen LogP) is 3.72. The van der Waals surface area contributed by atoms with Crippen LogP contribution in [-0.4, -0.2) is 64.9 Å². The highest BCUT2D eigenvalue weighted by Crippen LogP contribution is 2.32. The predicted molar refractivity (Wildman–Crippen MR) is 123 cm³/mol. The van der Waals surface area contributed by atoms with E-state index in [2.05, 4.69) is 5.32 Å². The summed E-state index contributed by atoms with van der Waals surface area (Å²) in [6.45, 7) is 0.276. The van der Waals surface area contributed by atoms with Gasteiger partial charge in [0.05, 0.1) is 23.4 Å². The van der Waals surface area contributed by atoms with Crippen molar-refractivity contribution in [1.82, 2.24) is 19.7 Å². The number of carbonyl (C=O) groups is 3. The maximum Gasteiger partial charge on any atom is 0.417 e. The number of nitrogens with zero attached hydrogens (tertiary/aromatic N) is 3. The molecular formula is C25H23F3N4O3. The molecule has 1 N–H and O–H groups in total. The lowest BCUT2D eigenvalue weighted by Crippen LogP contribution is -2.53. The summed E-state index contributed by atoms with van der Waals surface area (Å²) in [6, 6.07) is 17.1. The summed E-state index contributed by atoms with van der Waals surface area (Å²) >= 11 is 0. The minimum Gasteiger partial charge on any atom is -0.338 e.